The van der Waals surface area contributed by atoms with Gasteiger partial charge in [0.1, 0.15) is 17.3 Å². The van der Waals surface area contributed by atoms with Gasteiger partial charge in [-0.05, 0) is 80.9 Å². The molecule has 5 aromatic rings. The third-order valence-electron chi connectivity index (χ3n) is 9.29. The van der Waals surface area contributed by atoms with Crippen molar-refractivity contribution in [2.75, 3.05) is 71.5 Å². The van der Waals surface area contributed by atoms with Gasteiger partial charge in [-0.25, -0.2) is 9.37 Å². The van der Waals surface area contributed by atoms with E-state index >= 15 is 0 Å². The van der Waals surface area contributed by atoms with E-state index in [4.69, 9.17) is 14.5 Å². The van der Waals surface area contributed by atoms with E-state index in [0.717, 1.165) is 80.2 Å². The smallest absolute Gasteiger partial charge is 0.257 e. The monoisotopic (exact) mass is 668 g/mol. The minimum atomic E-state index is -0.277. The second-order valence-corrected chi connectivity index (χ2v) is 12.4. The Morgan fingerprint density at radius 3 is 2.65 bits per heavy atom. The van der Waals surface area contributed by atoms with Crippen LogP contribution in [-0.4, -0.2) is 107 Å². The second kappa shape index (κ2) is 16.1. The lowest BCUT2D eigenvalue weighted by molar-refractivity contribution is 0.0779. The maximum Gasteiger partial charge on any atom is 0.257 e. The number of rotatable bonds is 14. The molecule has 3 aromatic carbocycles. The van der Waals surface area contributed by atoms with Crippen LogP contribution < -0.4 is 9.64 Å². The Labute approximate surface area is 286 Å². The number of halogens is 1. The largest absolute Gasteiger partial charge is 0.496 e. The molecule has 11 nitrogen and oxygen atoms in total. The summed E-state index contributed by atoms with van der Waals surface area (Å²) >= 11 is 0. The number of amides is 1. The molecule has 2 aromatic heterocycles. The first-order valence-electron chi connectivity index (χ1n) is 17.0. The molecular formula is C37H45FN8O3. The molecule has 1 atom stereocenters. The summed E-state index contributed by atoms with van der Waals surface area (Å²) in [7, 11) is 3.37. The van der Waals surface area contributed by atoms with Gasteiger partial charge in [-0.15, -0.1) is 0 Å². The van der Waals surface area contributed by atoms with E-state index in [1.165, 1.54) is 12.1 Å². The summed E-state index contributed by atoms with van der Waals surface area (Å²) in [6.07, 6.45) is 3.44. The molecule has 0 radical (unpaired) electrons. The van der Waals surface area contributed by atoms with Crippen LogP contribution in [0.2, 0.25) is 0 Å². The van der Waals surface area contributed by atoms with Crippen LogP contribution >= 0.6 is 0 Å². The number of aromatic nitrogens is 5. The maximum atomic E-state index is 14.0. The standard InChI is InChI=1S/C37H45FN8O3/c1-4-49-23-22-46-34-9-6-5-8-32(34)40-37(46)45-18-7-17-44(20-21-45)19-16-29(27-10-13-30(38)14-11-27)26-43(2)36(47)31-24-28(12-15-35(31)48-3)33-25-39-42-41-33/h5-6,8-15,24-25,29H,4,7,16-23,26H2,1-3H3,(H,39,41,42). The summed E-state index contributed by atoms with van der Waals surface area (Å²) in [5, 5.41) is 10.7. The van der Waals surface area contributed by atoms with Crippen molar-refractivity contribution in [3.05, 3.63) is 89.9 Å². The SMILES string of the molecule is CCOCCn1c(N2CCCN(CCC(CN(C)C(=O)c3cc(-c4cn[nH]n4)ccc3OC)c3ccc(F)cc3)CC2)nc2ccccc21. The van der Waals surface area contributed by atoms with Gasteiger partial charge in [-0.1, -0.05) is 24.3 Å². The number of hydrogen-bond acceptors (Lipinski definition) is 8. The molecule has 258 valence electrons. The summed E-state index contributed by atoms with van der Waals surface area (Å²) in [6.45, 7) is 9.06. The third-order valence-corrected chi connectivity index (χ3v) is 9.29. The van der Waals surface area contributed by atoms with Gasteiger partial charge in [0.15, 0.2) is 0 Å². The fourth-order valence-electron chi connectivity index (χ4n) is 6.65. The van der Waals surface area contributed by atoms with E-state index in [0.29, 0.717) is 36.8 Å². The molecule has 1 aliphatic heterocycles. The number of carbonyl (C=O) groups is 1. The summed E-state index contributed by atoms with van der Waals surface area (Å²) in [5.74, 6) is 1.05. The third kappa shape index (κ3) is 8.09. The van der Waals surface area contributed by atoms with Crippen LogP contribution in [0.15, 0.2) is 72.9 Å². The number of likely N-dealkylation sites (N-methyl/N-ethyl adjacent to an activating group) is 1. The number of benzene rings is 3. The Balaban J connectivity index is 1.14. The lowest BCUT2D eigenvalue weighted by Crippen LogP contribution is -2.35. The molecule has 1 saturated heterocycles. The van der Waals surface area contributed by atoms with Gasteiger partial charge in [0, 0.05) is 57.9 Å². The predicted octanol–water partition coefficient (Wildman–Crippen LogP) is 5.46. The van der Waals surface area contributed by atoms with Crippen LogP contribution in [0.25, 0.3) is 22.3 Å². The van der Waals surface area contributed by atoms with Crippen molar-refractivity contribution in [1.29, 1.82) is 0 Å². The minimum Gasteiger partial charge on any atom is -0.496 e. The number of nitrogens with one attached hydrogen (secondary N) is 1. The van der Waals surface area contributed by atoms with E-state index < -0.39 is 0 Å². The number of methoxy groups -OCH3 is 1. The van der Waals surface area contributed by atoms with Gasteiger partial charge in [-0.2, -0.15) is 15.4 Å². The molecule has 12 heteroatoms. The number of H-pyrrole nitrogens is 1. The molecule has 1 amide bonds. The van der Waals surface area contributed by atoms with E-state index in [2.05, 4.69) is 48.0 Å². The fraction of sp³-hybridized carbons (Fsp3) is 0.405. The molecule has 3 heterocycles. The van der Waals surface area contributed by atoms with Crippen molar-refractivity contribution >= 4 is 22.9 Å². The number of aromatic amines is 1. The molecule has 6 rings (SSSR count). The van der Waals surface area contributed by atoms with E-state index in [1.807, 2.05) is 38.2 Å². The molecule has 0 aliphatic carbocycles. The van der Waals surface area contributed by atoms with Gasteiger partial charge in [0.25, 0.3) is 5.91 Å². The Morgan fingerprint density at radius 1 is 1.04 bits per heavy atom. The zero-order valence-electron chi connectivity index (χ0n) is 28.5. The fourth-order valence-corrected chi connectivity index (χ4v) is 6.65. The minimum absolute atomic E-state index is 0.00128. The zero-order chi connectivity index (χ0) is 34.2. The highest BCUT2D eigenvalue weighted by Gasteiger charge is 2.25. The number of nitrogens with zero attached hydrogens (tertiary/aromatic N) is 7. The Kier molecular flexibility index (Phi) is 11.2. The van der Waals surface area contributed by atoms with E-state index in [9.17, 15) is 9.18 Å². The summed E-state index contributed by atoms with van der Waals surface area (Å²) in [6, 6.07) is 20.4. The van der Waals surface area contributed by atoms with Gasteiger partial charge < -0.3 is 28.7 Å². The highest BCUT2D eigenvalue weighted by atomic mass is 19.1. The number of para-hydroxylation sites is 2. The summed E-state index contributed by atoms with van der Waals surface area (Å²) in [5.41, 5.74) is 4.98. The van der Waals surface area contributed by atoms with Crippen LogP contribution in [0.4, 0.5) is 10.3 Å². The number of carbonyl (C=O) groups excluding carboxylic acids is 1. The van der Waals surface area contributed by atoms with Crippen molar-refractivity contribution < 1.29 is 18.7 Å². The average molecular weight is 669 g/mol. The van der Waals surface area contributed by atoms with Crippen molar-refractivity contribution in [1.82, 2.24) is 34.8 Å². The van der Waals surface area contributed by atoms with Gasteiger partial charge >= 0.3 is 0 Å². The first-order chi connectivity index (χ1) is 23.9. The highest BCUT2D eigenvalue weighted by Crippen LogP contribution is 2.29. The Hall–Kier alpha value is -4.81. The molecule has 1 fully saturated rings. The molecule has 1 unspecified atom stereocenters. The molecule has 1 N–H and O–H groups in total. The second-order valence-electron chi connectivity index (χ2n) is 12.4. The van der Waals surface area contributed by atoms with Gasteiger partial charge in [-0.3, -0.25) is 4.79 Å². The lowest BCUT2D eigenvalue weighted by Gasteiger charge is -2.28. The van der Waals surface area contributed by atoms with Crippen molar-refractivity contribution in [3.63, 3.8) is 0 Å². The molecule has 0 bridgehead atoms. The predicted molar refractivity (Wildman–Crippen MR) is 189 cm³/mol. The zero-order valence-corrected chi connectivity index (χ0v) is 28.5. The number of fused-ring (bicyclic) bond motifs is 1. The van der Waals surface area contributed by atoms with E-state index in [1.54, 1.807) is 30.3 Å². The number of ether oxygens (including phenoxy) is 2. The summed E-state index contributed by atoms with van der Waals surface area (Å²) < 4.78 is 27.5. The van der Waals surface area contributed by atoms with Gasteiger partial charge in [0.2, 0.25) is 5.95 Å². The topological polar surface area (TPSA) is 105 Å². The van der Waals surface area contributed by atoms with Crippen LogP contribution in [-0.2, 0) is 11.3 Å². The van der Waals surface area contributed by atoms with E-state index in [-0.39, 0.29) is 17.6 Å². The Bertz CT molecular complexity index is 1810. The van der Waals surface area contributed by atoms with Crippen LogP contribution in [0.1, 0.15) is 41.6 Å². The molecule has 0 spiro atoms. The van der Waals surface area contributed by atoms with Crippen LogP contribution in [0, 0.1) is 5.82 Å². The lowest BCUT2D eigenvalue weighted by atomic mass is 9.94. The number of imidazole rings is 1. The Morgan fingerprint density at radius 2 is 1.88 bits per heavy atom. The van der Waals surface area contributed by atoms with Crippen molar-refractivity contribution in [3.8, 4) is 17.0 Å². The number of anilines is 1. The molecule has 0 saturated carbocycles. The molecular weight excluding hydrogens is 623 g/mol. The quantitative estimate of drug-likeness (QED) is 0.156. The summed E-state index contributed by atoms with van der Waals surface area (Å²) in [4.78, 5) is 25.5. The molecule has 49 heavy (non-hydrogen) atoms. The highest BCUT2D eigenvalue weighted by molar-refractivity contribution is 5.98. The maximum absolute atomic E-state index is 14.0. The van der Waals surface area contributed by atoms with Gasteiger partial charge in [0.05, 0.1) is 36.5 Å². The van der Waals surface area contributed by atoms with Crippen LogP contribution in [0.5, 0.6) is 5.75 Å². The number of hydrogen-bond donors (Lipinski definition) is 1. The van der Waals surface area contributed by atoms with Crippen molar-refractivity contribution in [2.45, 2.75) is 32.2 Å². The first kappa shape index (κ1) is 34.1. The first-order valence-corrected chi connectivity index (χ1v) is 17.0. The average Bonchev–Trinajstić information content (AvgIpc) is 3.73. The van der Waals surface area contributed by atoms with Crippen molar-refractivity contribution in [2.24, 2.45) is 0 Å². The van der Waals surface area contributed by atoms with Crippen LogP contribution in [0.3, 0.4) is 0 Å². The molecule has 1 aliphatic rings. The normalized spacial score (nSPS) is 14.6.